The first-order chi connectivity index (χ1) is 6.76. The van der Waals surface area contributed by atoms with Crippen LogP contribution in [0.1, 0.15) is 78.6 Å². The van der Waals surface area contributed by atoms with Crippen molar-refractivity contribution in [3.63, 3.8) is 0 Å². The Morgan fingerprint density at radius 1 is 1.07 bits per heavy atom. The Morgan fingerprint density at radius 3 is 2.14 bits per heavy atom. The van der Waals surface area contributed by atoms with Gasteiger partial charge in [0.15, 0.2) is 0 Å². The Hall–Kier alpha value is 0. The van der Waals surface area contributed by atoms with E-state index in [0.29, 0.717) is 0 Å². The van der Waals surface area contributed by atoms with Crippen LogP contribution in [-0.4, -0.2) is 0 Å². The molecule has 0 aromatic carbocycles. The Balaban J connectivity index is 2.37. The van der Waals surface area contributed by atoms with Crippen LogP contribution >= 0.6 is 0 Å². The van der Waals surface area contributed by atoms with Gasteiger partial charge in [-0.25, -0.2) is 0 Å². The van der Waals surface area contributed by atoms with Crippen LogP contribution in [0, 0.1) is 11.3 Å². The van der Waals surface area contributed by atoms with Crippen LogP contribution in [0.3, 0.4) is 0 Å². The molecule has 0 heteroatoms. The number of hydrogen-bond donors (Lipinski definition) is 0. The highest BCUT2D eigenvalue weighted by molar-refractivity contribution is 4.88. The van der Waals surface area contributed by atoms with Crippen molar-refractivity contribution in [1.82, 2.24) is 0 Å². The van der Waals surface area contributed by atoms with Crippen molar-refractivity contribution in [3.8, 4) is 0 Å². The van der Waals surface area contributed by atoms with E-state index in [1.807, 2.05) is 0 Å². The van der Waals surface area contributed by atoms with Gasteiger partial charge in [0, 0.05) is 0 Å². The SMILES string of the molecule is CCCC(CC)CC1(CCC)CCC1. The van der Waals surface area contributed by atoms with E-state index in [2.05, 4.69) is 20.8 Å². The quantitative estimate of drug-likeness (QED) is 0.527. The molecule has 0 N–H and O–H groups in total. The Bertz CT molecular complexity index is 144. The van der Waals surface area contributed by atoms with E-state index in [4.69, 9.17) is 0 Å². The summed E-state index contributed by atoms with van der Waals surface area (Å²) in [7, 11) is 0. The molecule has 0 radical (unpaired) electrons. The fourth-order valence-electron chi connectivity index (χ4n) is 3.23. The molecule has 0 heterocycles. The Labute approximate surface area is 90.5 Å². The Kier molecular flexibility index (Phi) is 4.98. The summed E-state index contributed by atoms with van der Waals surface area (Å²) in [4.78, 5) is 0. The minimum absolute atomic E-state index is 0.796. The third kappa shape index (κ3) is 3.00. The fraction of sp³-hybridized carbons (Fsp3) is 1.00. The molecule has 1 atom stereocenters. The fourth-order valence-corrected chi connectivity index (χ4v) is 3.23. The topological polar surface area (TPSA) is 0 Å². The molecule has 1 aliphatic carbocycles. The van der Waals surface area contributed by atoms with E-state index in [1.165, 1.54) is 57.8 Å². The standard InChI is InChI=1S/C14H28/c1-4-8-13(6-3)12-14(9-5-2)10-7-11-14/h13H,4-12H2,1-3H3. The van der Waals surface area contributed by atoms with Crippen LogP contribution in [0.15, 0.2) is 0 Å². The van der Waals surface area contributed by atoms with E-state index in [0.717, 1.165) is 11.3 Å². The summed E-state index contributed by atoms with van der Waals surface area (Å²) in [6.07, 6.45) is 13.2. The van der Waals surface area contributed by atoms with Crippen molar-refractivity contribution in [3.05, 3.63) is 0 Å². The van der Waals surface area contributed by atoms with Gasteiger partial charge in [0.05, 0.1) is 0 Å². The van der Waals surface area contributed by atoms with E-state index in [-0.39, 0.29) is 0 Å². The summed E-state index contributed by atoms with van der Waals surface area (Å²) >= 11 is 0. The summed E-state index contributed by atoms with van der Waals surface area (Å²) in [6, 6.07) is 0. The van der Waals surface area contributed by atoms with Gasteiger partial charge in [-0.15, -0.1) is 0 Å². The summed E-state index contributed by atoms with van der Waals surface area (Å²) in [6.45, 7) is 7.05. The van der Waals surface area contributed by atoms with Gasteiger partial charge >= 0.3 is 0 Å². The number of rotatable bonds is 7. The normalized spacial score (nSPS) is 21.6. The van der Waals surface area contributed by atoms with Gasteiger partial charge in [0.2, 0.25) is 0 Å². The molecule has 0 spiro atoms. The molecule has 14 heavy (non-hydrogen) atoms. The van der Waals surface area contributed by atoms with Gasteiger partial charge in [-0.1, -0.05) is 52.9 Å². The van der Waals surface area contributed by atoms with E-state index in [9.17, 15) is 0 Å². The smallest absolute Gasteiger partial charge is 0.0295 e. The Morgan fingerprint density at radius 2 is 1.79 bits per heavy atom. The lowest BCUT2D eigenvalue weighted by molar-refractivity contribution is 0.0765. The molecule has 0 aliphatic heterocycles. The first-order valence-electron chi connectivity index (χ1n) is 6.76. The largest absolute Gasteiger partial charge is 0.0654 e. The van der Waals surface area contributed by atoms with Gasteiger partial charge in [-0.05, 0) is 37.0 Å². The van der Waals surface area contributed by atoms with Crippen molar-refractivity contribution in [1.29, 1.82) is 0 Å². The lowest BCUT2D eigenvalue weighted by atomic mass is 9.61. The van der Waals surface area contributed by atoms with Gasteiger partial charge in [0.25, 0.3) is 0 Å². The van der Waals surface area contributed by atoms with Crippen molar-refractivity contribution >= 4 is 0 Å². The maximum Gasteiger partial charge on any atom is -0.0295 e. The summed E-state index contributed by atoms with van der Waals surface area (Å²) in [5.74, 6) is 1.02. The molecule has 0 aromatic heterocycles. The molecule has 1 unspecified atom stereocenters. The van der Waals surface area contributed by atoms with Gasteiger partial charge in [-0.2, -0.15) is 0 Å². The van der Waals surface area contributed by atoms with Crippen LogP contribution in [-0.2, 0) is 0 Å². The molecule has 84 valence electrons. The maximum absolute atomic E-state index is 2.37. The molecule has 1 rings (SSSR count). The second-order valence-electron chi connectivity index (χ2n) is 5.37. The van der Waals surface area contributed by atoms with Crippen LogP contribution in [0.4, 0.5) is 0 Å². The second-order valence-corrected chi connectivity index (χ2v) is 5.37. The second kappa shape index (κ2) is 5.78. The molecule has 0 bridgehead atoms. The predicted molar refractivity (Wildman–Crippen MR) is 64.5 cm³/mol. The first-order valence-corrected chi connectivity index (χ1v) is 6.76. The van der Waals surface area contributed by atoms with Gasteiger partial charge in [0.1, 0.15) is 0 Å². The van der Waals surface area contributed by atoms with Crippen LogP contribution < -0.4 is 0 Å². The highest BCUT2D eigenvalue weighted by atomic mass is 14.4. The molecule has 0 aromatic rings. The minimum atomic E-state index is 0.796. The minimum Gasteiger partial charge on any atom is -0.0654 e. The lowest BCUT2D eigenvalue weighted by Crippen LogP contribution is -2.31. The monoisotopic (exact) mass is 196 g/mol. The maximum atomic E-state index is 2.37. The molecule has 1 saturated carbocycles. The zero-order chi connectivity index (χ0) is 10.4. The molecule has 0 nitrogen and oxygen atoms in total. The molecule has 0 amide bonds. The van der Waals surface area contributed by atoms with Crippen molar-refractivity contribution in [2.75, 3.05) is 0 Å². The molecule has 1 fully saturated rings. The molecular weight excluding hydrogens is 168 g/mol. The lowest BCUT2D eigenvalue weighted by Gasteiger charge is -2.44. The molecular formula is C14H28. The highest BCUT2D eigenvalue weighted by Gasteiger charge is 2.37. The molecule has 1 aliphatic rings. The van der Waals surface area contributed by atoms with Crippen molar-refractivity contribution < 1.29 is 0 Å². The average molecular weight is 196 g/mol. The third-order valence-electron chi connectivity index (χ3n) is 4.19. The summed E-state index contributed by atoms with van der Waals surface area (Å²) in [5.41, 5.74) is 0.796. The zero-order valence-corrected chi connectivity index (χ0v) is 10.4. The zero-order valence-electron chi connectivity index (χ0n) is 10.4. The van der Waals surface area contributed by atoms with E-state index >= 15 is 0 Å². The van der Waals surface area contributed by atoms with Crippen molar-refractivity contribution in [2.24, 2.45) is 11.3 Å². The molecule has 0 saturated heterocycles. The van der Waals surface area contributed by atoms with Crippen molar-refractivity contribution in [2.45, 2.75) is 78.6 Å². The van der Waals surface area contributed by atoms with Crippen LogP contribution in [0.25, 0.3) is 0 Å². The predicted octanol–water partition coefficient (Wildman–Crippen LogP) is 5.17. The van der Waals surface area contributed by atoms with E-state index < -0.39 is 0 Å². The van der Waals surface area contributed by atoms with Crippen LogP contribution in [0.5, 0.6) is 0 Å². The van der Waals surface area contributed by atoms with Gasteiger partial charge < -0.3 is 0 Å². The first kappa shape index (κ1) is 12.1. The summed E-state index contributed by atoms with van der Waals surface area (Å²) in [5, 5.41) is 0. The van der Waals surface area contributed by atoms with Gasteiger partial charge in [-0.3, -0.25) is 0 Å². The number of hydrogen-bond acceptors (Lipinski definition) is 0. The van der Waals surface area contributed by atoms with E-state index in [1.54, 1.807) is 0 Å². The highest BCUT2D eigenvalue weighted by Crippen LogP contribution is 2.50. The van der Waals surface area contributed by atoms with Crippen LogP contribution in [0.2, 0.25) is 0 Å². The summed E-state index contributed by atoms with van der Waals surface area (Å²) < 4.78 is 0. The average Bonchev–Trinajstić information content (AvgIpc) is 2.13. The third-order valence-corrected chi connectivity index (χ3v) is 4.19.